The van der Waals surface area contributed by atoms with Crippen LogP contribution >= 0.6 is 0 Å². The van der Waals surface area contributed by atoms with Crippen LogP contribution in [0.1, 0.15) is 46.0 Å². The van der Waals surface area contributed by atoms with Gasteiger partial charge in [0.05, 0.1) is 6.04 Å². The number of carbonyl (C=O) groups excluding carboxylic acids is 1. The molecule has 0 aromatic carbocycles. The molecule has 0 saturated heterocycles. The molecule has 1 fully saturated rings. The van der Waals surface area contributed by atoms with Crippen LogP contribution in [0.15, 0.2) is 0 Å². The van der Waals surface area contributed by atoms with Gasteiger partial charge in [0.15, 0.2) is 0 Å². The van der Waals surface area contributed by atoms with Gasteiger partial charge < -0.3 is 11.1 Å². The van der Waals surface area contributed by atoms with Crippen LogP contribution in [0.25, 0.3) is 0 Å². The molecule has 0 bridgehead atoms. The third kappa shape index (κ3) is 3.82. The molecule has 0 aliphatic heterocycles. The van der Waals surface area contributed by atoms with Gasteiger partial charge in [-0.15, -0.1) is 0 Å². The zero-order chi connectivity index (χ0) is 11.3. The average Bonchev–Trinajstić information content (AvgIpc) is 2.76. The Labute approximate surface area is 92.8 Å². The Balaban J connectivity index is 2.22. The molecule has 3 nitrogen and oxygen atoms in total. The van der Waals surface area contributed by atoms with E-state index in [0.29, 0.717) is 5.92 Å². The van der Waals surface area contributed by atoms with E-state index in [1.54, 1.807) is 0 Å². The van der Waals surface area contributed by atoms with Gasteiger partial charge in [-0.1, -0.05) is 33.1 Å². The molecule has 1 aliphatic carbocycles. The molecule has 1 rings (SSSR count). The third-order valence-electron chi connectivity index (χ3n) is 3.60. The van der Waals surface area contributed by atoms with Crippen molar-refractivity contribution >= 4 is 5.91 Å². The minimum absolute atomic E-state index is 0.0243. The van der Waals surface area contributed by atoms with Crippen LogP contribution in [0.3, 0.4) is 0 Å². The van der Waals surface area contributed by atoms with Gasteiger partial charge in [-0.25, -0.2) is 0 Å². The summed E-state index contributed by atoms with van der Waals surface area (Å²) in [5, 5.41) is 2.98. The van der Waals surface area contributed by atoms with Crippen molar-refractivity contribution in [2.45, 2.75) is 52.0 Å². The van der Waals surface area contributed by atoms with Crippen molar-refractivity contribution in [1.82, 2.24) is 5.32 Å². The zero-order valence-corrected chi connectivity index (χ0v) is 9.96. The number of amides is 1. The van der Waals surface area contributed by atoms with Gasteiger partial charge in [0.2, 0.25) is 5.91 Å². The van der Waals surface area contributed by atoms with Crippen LogP contribution in [0, 0.1) is 11.8 Å². The summed E-state index contributed by atoms with van der Waals surface area (Å²) in [6, 6.07) is -0.337. The van der Waals surface area contributed by atoms with Crippen molar-refractivity contribution in [2.75, 3.05) is 6.54 Å². The maximum absolute atomic E-state index is 11.7. The number of rotatable bonds is 5. The predicted octanol–water partition coefficient (Wildman–Crippen LogP) is 1.67. The topological polar surface area (TPSA) is 55.1 Å². The first-order valence-corrected chi connectivity index (χ1v) is 6.18. The number of carbonyl (C=O) groups is 1. The fraction of sp³-hybridized carbons (Fsp3) is 0.917. The first-order valence-electron chi connectivity index (χ1n) is 6.18. The van der Waals surface area contributed by atoms with E-state index in [4.69, 9.17) is 5.73 Å². The molecule has 0 radical (unpaired) electrons. The molecule has 3 N–H and O–H groups in total. The second-order valence-corrected chi connectivity index (χ2v) is 4.81. The normalized spacial score (nSPS) is 21.3. The molecular formula is C12H24N2O. The molecular weight excluding hydrogens is 188 g/mol. The summed E-state index contributed by atoms with van der Waals surface area (Å²) in [6.45, 7) is 4.91. The number of nitrogens with one attached hydrogen (secondary N) is 1. The number of hydrogen-bond donors (Lipinski definition) is 2. The quantitative estimate of drug-likeness (QED) is 0.728. The van der Waals surface area contributed by atoms with E-state index in [9.17, 15) is 4.79 Å². The monoisotopic (exact) mass is 212 g/mol. The lowest BCUT2D eigenvalue weighted by Gasteiger charge is -2.19. The van der Waals surface area contributed by atoms with Crippen LogP contribution < -0.4 is 11.1 Å². The smallest absolute Gasteiger partial charge is 0.237 e. The summed E-state index contributed by atoms with van der Waals surface area (Å²) in [5.41, 5.74) is 5.84. The van der Waals surface area contributed by atoms with Crippen molar-refractivity contribution < 1.29 is 4.79 Å². The zero-order valence-electron chi connectivity index (χ0n) is 9.96. The molecule has 0 spiro atoms. The van der Waals surface area contributed by atoms with Gasteiger partial charge in [0.1, 0.15) is 0 Å². The molecule has 0 unspecified atom stereocenters. The van der Waals surface area contributed by atoms with Crippen LogP contribution in [0.2, 0.25) is 0 Å². The van der Waals surface area contributed by atoms with E-state index in [1.165, 1.54) is 25.7 Å². The highest BCUT2D eigenvalue weighted by molar-refractivity contribution is 5.81. The Morgan fingerprint density at radius 3 is 2.60 bits per heavy atom. The van der Waals surface area contributed by atoms with E-state index < -0.39 is 0 Å². The molecule has 1 amide bonds. The largest absolute Gasteiger partial charge is 0.354 e. The lowest BCUT2D eigenvalue weighted by molar-refractivity contribution is -0.123. The van der Waals surface area contributed by atoms with Gasteiger partial charge in [-0.05, 0) is 24.7 Å². The Morgan fingerprint density at radius 2 is 2.07 bits per heavy atom. The van der Waals surface area contributed by atoms with E-state index in [0.717, 1.165) is 13.0 Å². The van der Waals surface area contributed by atoms with Crippen LogP contribution in [-0.4, -0.2) is 18.5 Å². The molecule has 0 heterocycles. The van der Waals surface area contributed by atoms with Crippen LogP contribution in [0.5, 0.6) is 0 Å². The van der Waals surface area contributed by atoms with E-state index in [-0.39, 0.29) is 17.9 Å². The average molecular weight is 212 g/mol. The highest BCUT2D eigenvalue weighted by Crippen LogP contribution is 2.23. The second kappa shape index (κ2) is 6.11. The van der Waals surface area contributed by atoms with E-state index in [1.807, 2.05) is 6.92 Å². The summed E-state index contributed by atoms with van der Waals surface area (Å²) in [6.07, 6.45) is 6.12. The van der Waals surface area contributed by atoms with Gasteiger partial charge in [0, 0.05) is 6.54 Å². The Kier molecular flexibility index (Phi) is 5.09. The summed E-state index contributed by atoms with van der Waals surface area (Å²) in [5.74, 6) is 0.989. The van der Waals surface area contributed by atoms with Crippen LogP contribution in [-0.2, 0) is 4.79 Å². The molecule has 15 heavy (non-hydrogen) atoms. The van der Waals surface area contributed by atoms with E-state index in [2.05, 4.69) is 12.2 Å². The predicted molar refractivity (Wildman–Crippen MR) is 62.4 cm³/mol. The van der Waals surface area contributed by atoms with E-state index >= 15 is 0 Å². The highest BCUT2D eigenvalue weighted by Gasteiger charge is 2.21. The van der Waals surface area contributed by atoms with Crippen molar-refractivity contribution in [3.05, 3.63) is 0 Å². The SMILES string of the molecule is CC[C@H](C)[C@H](N)C(=O)NCC1CCCC1. The molecule has 1 aliphatic rings. The fourth-order valence-electron chi connectivity index (χ4n) is 2.09. The van der Waals surface area contributed by atoms with Gasteiger partial charge in [-0.2, -0.15) is 0 Å². The highest BCUT2D eigenvalue weighted by atomic mass is 16.2. The Bertz CT molecular complexity index is 200. The summed E-state index contributed by atoms with van der Waals surface area (Å²) >= 11 is 0. The van der Waals surface area contributed by atoms with Crippen molar-refractivity contribution in [3.8, 4) is 0 Å². The first-order chi connectivity index (χ1) is 7.15. The van der Waals surface area contributed by atoms with Crippen LogP contribution in [0.4, 0.5) is 0 Å². The molecule has 3 heteroatoms. The molecule has 88 valence electrons. The third-order valence-corrected chi connectivity index (χ3v) is 3.60. The molecule has 1 saturated carbocycles. The number of hydrogen-bond acceptors (Lipinski definition) is 2. The lowest BCUT2D eigenvalue weighted by atomic mass is 9.99. The summed E-state index contributed by atoms with van der Waals surface area (Å²) in [7, 11) is 0. The number of nitrogens with two attached hydrogens (primary N) is 1. The minimum atomic E-state index is -0.337. The van der Waals surface area contributed by atoms with Crippen molar-refractivity contribution in [3.63, 3.8) is 0 Å². The maximum atomic E-state index is 11.7. The van der Waals surface area contributed by atoms with Crippen molar-refractivity contribution in [2.24, 2.45) is 17.6 Å². The minimum Gasteiger partial charge on any atom is -0.354 e. The first kappa shape index (κ1) is 12.5. The Morgan fingerprint density at radius 1 is 1.47 bits per heavy atom. The molecule has 0 aromatic rings. The summed E-state index contributed by atoms with van der Waals surface area (Å²) < 4.78 is 0. The lowest BCUT2D eigenvalue weighted by Crippen LogP contribution is -2.45. The van der Waals surface area contributed by atoms with Gasteiger partial charge >= 0.3 is 0 Å². The van der Waals surface area contributed by atoms with Crippen molar-refractivity contribution in [1.29, 1.82) is 0 Å². The fourth-order valence-corrected chi connectivity index (χ4v) is 2.09. The molecule has 2 atom stereocenters. The maximum Gasteiger partial charge on any atom is 0.237 e. The van der Waals surface area contributed by atoms with Gasteiger partial charge in [0.25, 0.3) is 0 Å². The molecule has 0 aromatic heterocycles. The summed E-state index contributed by atoms with van der Waals surface area (Å²) in [4.78, 5) is 11.7. The standard InChI is InChI=1S/C12H24N2O/c1-3-9(2)11(13)12(15)14-8-10-6-4-5-7-10/h9-11H,3-8,13H2,1-2H3,(H,14,15)/t9-,11-/m0/s1. The second-order valence-electron chi connectivity index (χ2n) is 4.81. The van der Waals surface area contributed by atoms with Gasteiger partial charge in [-0.3, -0.25) is 4.79 Å². The Hall–Kier alpha value is -0.570.